The number of nitrogens with one attached hydrogen (secondary N) is 1. The molecule has 1 aromatic heterocycles. The van der Waals surface area contributed by atoms with Crippen LogP contribution in [0, 0.1) is 5.82 Å². The van der Waals surface area contributed by atoms with Crippen LogP contribution in [-0.2, 0) is 13.2 Å². The van der Waals surface area contributed by atoms with E-state index in [-0.39, 0.29) is 24.2 Å². The molecule has 0 spiro atoms. The van der Waals surface area contributed by atoms with E-state index in [0.29, 0.717) is 44.4 Å². The zero-order chi connectivity index (χ0) is 24.4. The highest BCUT2D eigenvalue weighted by atomic mass is 32.1. The van der Waals surface area contributed by atoms with Gasteiger partial charge in [-0.2, -0.15) is 0 Å². The number of hydrogen-bond donors (Lipinski definition) is 1. The average molecular weight is 489 g/mol. The maximum Gasteiger partial charge on any atom is 0.264 e. The third-order valence-electron chi connectivity index (χ3n) is 5.98. The number of halogens is 1. The summed E-state index contributed by atoms with van der Waals surface area (Å²) in [6.45, 7) is 0.448. The van der Waals surface area contributed by atoms with Gasteiger partial charge in [-0.1, -0.05) is 36.4 Å². The topological polar surface area (TPSA) is 58.6 Å². The van der Waals surface area contributed by atoms with Gasteiger partial charge in [0, 0.05) is 40.8 Å². The number of fused-ring (bicyclic) bond motifs is 1. The van der Waals surface area contributed by atoms with E-state index in [4.69, 9.17) is 4.74 Å². The molecule has 178 valence electrons. The SMILES string of the molecule is CN(Cc1ccc(C(=O)NC2CC2)cc1)C(=O)c1sc2cccc(F)c2c1COc1ccccc1. The first-order valence-electron chi connectivity index (χ1n) is 11.5. The fraction of sp³-hybridized carbons (Fsp3) is 0.214. The van der Waals surface area contributed by atoms with Gasteiger partial charge in [0.25, 0.3) is 11.8 Å². The molecule has 2 amide bonds. The van der Waals surface area contributed by atoms with Crippen molar-refractivity contribution in [1.82, 2.24) is 10.2 Å². The number of carbonyl (C=O) groups is 2. The van der Waals surface area contributed by atoms with Gasteiger partial charge in [-0.3, -0.25) is 9.59 Å². The van der Waals surface area contributed by atoms with E-state index < -0.39 is 0 Å². The lowest BCUT2D eigenvalue weighted by atomic mass is 10.1. The summed E-state index contributed by atoms with van der Waals surface area (Å²) in [7, 11) is 1.72. The highest BCUT2D eigenvalue weighted by molar-refractivity contribution is 7.21. The third-order valence-corrected chi connectivity index (χ3v) is 7.16. The van der Waals surface area contributed by atoms with Crippen molar-refractivity contribution in [2.24, 2.45) is 0 Å². The molecule has 0 atom stereocenters. The second-order valence-electron chi connectivity index (χ2n) is 8.73. The van der Waals surface area contributed by atoms with Gasteiger partial charge < -0.3 is 15.0 Å². The van der Waals surface area contributed by atoms with Crippen molar-refractivity contribution in [1.29, 1.82) is 0 Å². The van der Waals surface area contributed by atoms with E-state index in [1.165, 1.54) is 17.4 Å². The number of rotatable bonds is 8. The molecule has 0 aliphatic heterocycles. The summed E-state index contributed by atoms with van der Waals surface area (Å²) in [5.41, 5.74) is 2.06. The molecule has 1 N–H and O–H groups in total. The second-order valence-corrected chi connectivity index (χ2v) is 9.78. The van der Waals surface area contributed by atoms with Crippen LogP contribution in [0.1, 0.15) is 44.0 Å². The van der Waals surface area contributed by atoms with Gasteiger partial charge in [-0.05, 0) is 54.8 Å². The molecule has 1 fully saturated rings. The Labute approximate surface area is 207 Å². The molecule has 1 aliphatic rings. The summed E-state index contributed by atoms with van der Waals surface area (Å²) in [4.78, 5) is 27.7. The molecule has 35 heavy (non-hydrogen) atoms. The van der Waals surface area contributed by atoms with E-state index in [1.54, 1.807) is 30.1 Å². The highest BCUT2D eigenvalue weighted by Gasteiger charge is 2.25. The Bertz CT molecular complexity index is 1360. The normalized spacial score (nSPS) is 13.0. The Balaban J connectivity index is 1.35. The number of thiophene rings is 1. The third kappa shape index (κ3) is 5.20. The van der Waals surface area contributed by atoms with Crippen LogP contribution in [0.2, 0.25) is 0 Å². The van der Waals surface area contributed by atoms with E-state index in [0.717, 1.165) is 18.4 Å². The minimum Gasteiger partial charge on any atom is -0.489 e. The second kappa shape index (κ2) is 9.88. The molecule has 1 aliphatic carbocycles. The number of carbonyl (C=O) groups excluding carboxylic acids is 2. The minimum absolute atomic E-state index is 0.0705. The van der Waals surface area contributed by atoms with Crippen molar-refractivity contribution in [3.8, 4) is 5.75 Å². The lowest BCUT2D eigenvalue weighted by Gasteiger charge is -2.18. The Morgan fingerprint density at radius 3 is 2.49 bits per heavy atom. The van der Waals surface area contributed by atoms with Crippen molar-refractivity contribution in [3.63, 3.8) is 0 Å². The molecule has 5 nitrogen and oxygen atoms in total. The Hall–Kier alpha value is -3.71. The predicted octanol–water partition coefficient (Wildman–Crippen LogP) is 5.78. The number of ether oxygens (including phenoxy) is 1. The summed E-state index contributed by atoms with van der Waals surface area (Å²) >= 11 is 1.27. The van der Waals surface area contributed by atoms with Crippen LogP contribution in [0.25, 0.3) is 10.1 Å². The van der Waals surface area contributed by atoms with E-state index >= 15 is 0 Å². The molecular formula is C28H25FN2O3S. The van der Waals surface area contributed by atoms with E-state index in [9.17, 15) is 14.0 Å². The van der Waals surface area contributed by atoms with Crippen LogP contribution in [0.5, 0.6) is 5.75 Å². The standard InChI is InChI=1S/C28H25FN2O3S/c1-31(16-18-10-12-19(13-11-18)27(32)30-20-14-15-20)28(33)26-22(17-34-21-6-3-2-4-7-21)25-23(29)8-5-9-24(25)35-26/h2-13,20H,14-17H2,1H3,(H,30,32). The first kappa shape index (κ1) is 23.1. The quantitative estimate of drug-likeness (QED) is 0.342. The molecule has 5 rings (SSSR count). The number of para-hydroxylation sites is 1. The van der Waals surface area contributed by atoms with Crippen LogP contribution in [0.3, 0.4) is 0 Å². The van der Waals surface area contributed by atoms with Crippen LogP contribution < -0.4 is 10.1 Å². The highest BCUT2D eigenvalue weighted by Crippen LogP contribution is 2.35. The summed E-state index contributed by atoms with van der Waals surface area (Å²) in [5.74, 6) is 0.0135. The van der Waals surface area contributed by atoms with Crippen LogP contribution >= 0.6 is 11.3 Å². The molecule has 1 saturated carbocycles. The van der Waals surface area contributed by atoms with Crippen molar-refractivity contribution in [3.05, 3.63) is 100 Å². The van der Waals surface area contributed by atoms with Gasteiger partial charge in [0.2, 0.25) is 0 Å². The van der Waals surface area contributed by atoms with Crippen molar-refractivity contribution >= 4 is 33.2 Å². The zero-order valence-electron chi connectivity index (χ0n) is 19.3. The maximum absolute atomic E-state index is 14.8. The molecule has 0 bridgehead atoms. The van der Waals surface area contributed by atoms with Gasteiger partial charge in [-0.25, -0.2) is 4.39 Å². The van der Waals surface area contributed by atoms with Gasteiger partial charge in [0.05, 0.1) is 4.88 Å². The first-order valence-corrected chi connectivity index (χ1v) is 12.3. The minimum atomic E-state index is -0.368. The molecule has 0 unspecified atom stereocenters. The van der Waals surface area contributed by atoms with Crippen molar-refractivity contribution in [2.75, 3.05) is 7.05 Å². The number of benzene rings is 3. The smallest absolute Gasteiger partial charge is 0.264 e. The molecular weight excluding hydrogens is 463 g/mol. The summed E-state index contributed by atoms with van der Waals surface area (Å²) in [6, 6.07) is 21.7. The lowest BCUT2D eigenvalue weighted by molar-refractivity contribution is 0.0787. The molecule has 3 aromatic carbocycles. The Morgan fingerprint density at radius 1 is 1.03 bits per heavy atom. The fourth-order valence-electron chi connectivity index (χ4n) is 3.93. The maximum atomic E-state index is 14.8. The first-order chi connectivity index (χ1) is 17.0. The Kier molecular flexibility index (Phi) is 6.51. The van der Waals surface area contributed by atoms with Gasteiger partial charge in [0.15, 0.2) is 0 Å². The molecule has 0 radical (unpaired) electrons. The number of amides is 2. The summed E-state index contributed by atoms with van der Waals surface area (Å²) in [6.07, 6.45) is 2.08. The Morgan fingerprint density at radius 2 is 1.77 bits per heavy atom. The monoisotopic (exact) mass is 488 g/mol. The fourth-order valence-corrected chi connectivity index (χ4v) is 5.14. The average Bonchev–Trinajstić information content (AvgIpc) is 3.60. The largest absolute Gasteiger partial charge is 0.489 e. The molecule has 0 saturated heterocycles. The van der Waals surface area contributed by atoms with E-state index in [2.05, 4.69) is 5.32 Å². The van der Waals surface area contributed by atoms with Crippen molar-refractivity contribution < 1.29 is 18.7 Å². The van der Waals surface area contributed by atoms with Crippen LogP contribution in [0.15, 0.2) is 72.8 Å². The summed E-state index contributed by atoms with van der Waals surface area (Å²) < 4.78 is 21.4. The van der Waals surface area contributed by atoms with Crippen LogP contribution in [0.4, 0.5) is 4.39 Å². The molecule has 1 heterocycles. The molecule has 7 heteroatoms. The lowest BCUT2D eigenvalue weighted by Crippen LogP contribution is -2.27. The van der Waals surface area contributed by atoms with E-state index in [1.807, 2.05) is 48.5 Å². The predicted molar refractivity (Wildman–Crippen MR) is 135 cm³/mol. The zero-order valence-corrected chi connectivity index (χ0v) is 20.1. The number of hydrogen-bond acceptors (Lipinski definition) is 4. The van der Waals surface area contributed by atoms with Crippen LogP contribution in [-0.4, -0.2) is 29.8 Å². The van der Waals surface area contributed by atoms with Gasteiger partial charge in [0.1, 0.15) is 18.2 Å². The molecule has 4 aromatic rings. The van der Waals surface area contributed by atoms with Gasteiger partial charge >= 0.3 is 0 Å². The number of nitrogens with zero attached hydrogens (tertiary/aromatic N) is 1. The van der Waals surface area contributed by atoms with Gasteiger partial charge in [-0.15, -0.1) is 11.3 Å². The van der Waals surface area contributed by atoms with Crippen molar-refractivity contribution in [2.45, 2.75) is 32.0 Å². The summed E-state index contributed by atoms with van der Waals surface area (Å²) in [5, 5.41) is 3.40.